The van der Waals surface area contributed by atoms with Crippen LogP contribution in [0.5, 0.6) is 0 Å². The topological polar surface area (TPSA) is 50.4 Å². The lowest BCUT2D eigenvalue weighted by Crippen LogP contribution is -2.44. The summed E-state index contributed by atoms with van der Waals surface area (Å²) in [6.07, 6.45) is 4.62. The van der Waals surface area contributed by atoms with E-state index in [-0.39, 0.29) is 12.1 Å². The fraction of sp³-hybridized carbons (Fsp3) is 0.929. The van der Waals surface area contributed by atoms with Gasteiger partial charge in [0.2, 0.25) is 0 Å². The minimum atomic E-state index is -0.415. The Labute approximate surface area is 110 Å². The Morgan fingerprint density at radius 2 is 1.94 bits per heavy atom. The van der Waals surface area contributed by atoms with Gasteiger partial charge in [0, 0.05) is 12.6 Å². The lowest BCUT2D eigenvalue weighted by Gasteiger charge is -2.28. The van der Waals surface area contributed by atoms with Crippen LogP contribution in [0.4, 0.5) is 4.79 Å². The lowest BCUT2D eigenvalue weighted by molar-refractivity contribution is 0.0480. The highest BCUT2D eigenvalue weighted by atomic mass is 16.6. The molecule has 0 spiro atoms. The van der Waals surface area contributed by atoms with E-state index >= 15 is 0 Å². The third-order valence-corrected chi connectivity index (χ3v) is 3.95. The number of nitrogens with one attached hydrogen (secondary N) is 2. The van der Waals surface area contributed by atoms with Crippen LogP contribution in [0.2, 0.25) is 0 Å². The molecule has 1 saturated heterocycles. The molecule has 104 valence electrons. The second-order valence-electron chi connectivity index (χ2n) is 6.62. The summed E-state index contributed by atoms with van der Waals surface area (Å²) in [4.78, 5) is 11.9. The quantitative estimate of drug-likeness (QED) is 0.755. The fourth-order valence-electron chi connectivity index (χ4n) is 3.16. The van der Waals surface area contributed by atoms with Crippen molar-refractivity contribution in [3.05, 3.63) is 0 Å². The molecule has 1 aliphatic carbocycles. The maximum Gasteiger partial charge on any atom is 0.407 e. The number of fused-ring (bicyclic) bond motifs is 1. The van der Waals surface area contributed by atoms with E-state index in [9.17, 15) is 4.79 Å². The summed E-state index contributed by atoms with van der Waals surface area (Å²) in [5, 5.41) is 6.54. The van der Waals surface area contributed by atoms with Crippen molar-refractivity contribution in [2.75, 3.05) is 13.1 Å². The first-order valence-electron chi connectivity index (χ1n) is 7.16. The smallest absolute Gasteiger partial charge is 0.407 e. The van der Waals surface area contributed by atoms with E-state index < -0.39 is 5.60 Å². The van der Waals surface area contributed by atoms with E-state index in [1.165, 1.54) is 19.3 Å². The summed E-state index contributed by atoms with van der Waals surface area (Å²) < 4.78 is 5.36. The fourth-order valence-corrected chi connectivity index (χ4v) is 3.16. The molecule has 3 unspecified atom stereocenters. The first-order chi connectivity index (χ1) is 8.46. The molecule has 2 aliphatic rings. The van der Waals surface area contributed by atoms with Crippen LogP contribution in [0.15, 0.2) is 0 Å². The predicted molar refractivity (Wildman–Crippen MR) is 71.5 cm³/mol. The number of carbonyl (C=O) groups is 1. The average molecular weight is 254 g/mol. The van der Waals surface area contributed by atoms with Crippen molar-refractivity contribution in [1.29, 1.82) is 0 Å². The molecule has 0 aromatic rings. The van der Waals surface area contributed by atoms with E-state index in [2.05, 4.69) is 10.6 Å². The number of carbonyl (C=O) groups excluding carboxylic acids is 1. The minimum absolute atomic E-state index is 0.264. The highest BCUT2D eigenvalue weighted by Gasteiger charge is 2.36. The lowest BCUT2D eigenvalue weighted by atomic mass is 9.88. The molecule has 4 heteroatoms. The molecule has 18 heavy (non-hydrogen) atoms. The number of amides is 1. The number of alkyl carbamates (subject to hydrolysis) is 1. The van der Waals surface area contributed by atoms with Gasteiger partial charge >= 0.3 is 6.09 Å². The molecule has 2 fully saturated rings. The monoisotopic (exact) mass is 254 g/mol. The summed E-state index contributed by atoms with van der Waals surface area (Å²) in [6.45, 7) is 7.85. The number of hydrogen-bond donors (Lipinski definition) is 2. The van der Waals surface area contributed by atoms with Crippen LogP contribution in [-0.4, -0.2) is 30.8 Å². The van der Waals surface area contributed by atoms with Gasteiger partial charge in [-0.25, -0.2) is 4.79 Å². The number of hydrogen-bond acceptors (Lipinski definition) is 3. The molecule has 0 aromatic carbocycles. The summed E-state index contributed by atoms with van der Waals surface area (Å²) in [5.74, 6) is 1.31. The van der Waals surface area contributed by atoms with E-state index in [4.69, 9.17) is 4.74 Å². The Morgan fingerprint density at radius 1 is 1.22 bits per heavy atom. The Hall–Kier alpha value is -0.770. The standard InChI is InChI=1S/C14H26N2O2/c1-14(2,3)18-13(17)16-12-7-5-4-6-10-8-15-9-11(10)12/h10-12,15H,4-9H2,1-3H3,(H,16,17). The molecule has 1 saturated carbocycles. The van der Waals surface area contributed by atoms with E-state index in [1.54, 1.807) is 0 Å². The minimum Gasteiger partial charge on any atom is -0.444 e. The van der Waals surface area contributed by atoms with Gasteiger partial charge in [-0.3, -0.25) is 0 Å². The second kappa shape index (κ2) is 5.47. The van der Waals surface area contributed by atoms with Gasteiger partial charge in [-0.15, -0.1) is 0 Å². The molecule has 0 aromatic heterocycles. The van der Waals surface area contributed by atoms with Crippen LogP contribution >= 0.6 is 0 Å². The van der Waals surface area contributed by atoms with Crippen LogP contribution < -0.4 is 10.6 Å². The SMILES string of the molecule is CC(C)(C)OC(=O)NC1CCCCC2CNCC21. The molecule has 0 bridgehead atoms. The van der Waals surface area contributed by atoms with Crippen molar-refractivity contribution >= 4 is 6.09 Å². The van der Waals surface area contributed by atoms with Crippen LogP contribution in [0.1, 0.15) is 46.5 Å². The maximum absolute atomic E-state index is 11.9. The van der Waals surface area contributed by atoms with Crippen molar-refractivity contribution in [2.45, 2.75) is 58.1 Å². The summed E-state index contributed by atoms with van der Waals surface area (Å²) in [7, 11) is 0. The zero-order valence-electron chi connectivity index (χ0n) is 11.8. The van der Waals surface area contributed by atoms with Crippen molar-refractivity contribution in [2.24, 2.45) is 11.8 Å². The van der Waals surface area contributed by atoms with E-state index in [0.29, 0.717) is 5.92 Å². The van der Waals surface area contributed by atoms with Crippen LogP contribution in [0.25, 0.3) is 0 Å². The van der Waals surface area contributed by atoms with Gasteiger partial charge in [0.05, 0.1) is 0 Å². The molecule has 1 amide bonds. The average Bonchev–Trinajstić information content (AvgIpc) is 2.61. The van der Waals surface area contributed by atoms with Gasteiger partial charge in [0.1, 0.15) is 5.60 Å². The third-order valence-electron chi connectivity index (χ3n) is 3.95. The van der Waals surface area contributed by atoms with Gasteiger partial charge < -0.3 is 15.4 Å². The second-order valence-corrected chi connectivity index (χ2v) is 6.62. The molecule has 4 nitrogen and oxygen atoms in total. The summed E-state index contributed by atoms with van der Waals surface area (Å²) in [5.41, 5.74) is -0.415. The van der Waals surface area contributed by atoms with Crippen molar-refractivity contribution in [3.63, 3.8) is 0 Å². The zero-order valence-corrected chi connectivity index (χ0v) is 11.8. The van der Waals surface area contributed by atoms with Crippen molar-refractivity contribution < 1.29 is 9.53 Å². The molecule has 2 N–H and O–H groups in total. The highest BCUT2D eigenvalue weighted by Crippen LogP contribution is 2.31. The van der Waals surface area contributed by atoms with Crippen LogP contribution in [0.3, 0.4) is 0 Å². The van der Waals surface area contributed by atoms with Crippen molar-refractivity contribution in [3.8, 4) is 0 Å². The van der Waals surface area contributed by atoms with Crippen LogP contribution in [-0.2, 0) is 4.74 Å². The van der Waals surface area contributed by atoms with Gasteiger partial charge in [-0.1, -0.05) is 12.8 Å². The van der Waals surface area contributed by atoms with Gasteiger partial charge in [0.15, 0.2) is 0 Å². The van der Waals surface area contributed by atoms with Gasteiger partial charge in [-0.05, 0) is 52.0 Å². The normalized spacial score (nSPS) is 32.5. The molecule has 2 rings (SSSR count). The van der Waals surface area contributed by atoms with Crippen molar-refractivity contribution in [1.82, 2.24) is 10.6 Å². The number of ether oxygens (including phenoxy) is 1. The molecule has 1 heterocycles. The Bertz CT molecular complexity index is 299. The van der Waals surface area contributed by atoms with E-state index in [1.807, 2.05) is 20.8 Å². The first kappa shape index (κ1) is 13.7. The molecule has 1 aliphatic heterocycles. The predicted octanol–water partition coefficient (Wildman–Crippen LogP) is 2.29. The Balaban J connectivity index is 1.92. The zero-order chi connectivity index (χ0) is 13.2. The maximum atomic E-state index is 11.9. The van der Waals surface area contributed by atoms with Gasteiger partial charge in [0.25, 0.3) is 0 Å². The highest BCUT2D eigenvalue weighted by molar-refractivity contribution is 5.68. The summed E-state index contributed by atoms with van der Waals surface area (Å²) >= 11 is 0. The van der Waals surface area contributed by atoms with Gasteiger partial charge in [-0.2, -0.15) is 0 Å². The molecule has 0 radical (unpaired) electrons. The summed E-state index contributed by atoms with van der Waals surface area (Å²) in [6, 6.07) is 0.280. The Kier molecular flexibility index (Phi) is 4.15. The third kappa shape index (κ3) is 3.61. The van der Waals surface area contributed by atoms with Crippen LogP contribution in [0, 0.1) is 11.8 Å². The Morgan fingerprint density at radius 3 is 2.67 bits per heavy atom. The number of rotatable bonds is 1. The molecular weight excluding hydrogens is 228 g/mol. The largest absolute Gasteiger partial charge is 0.444 e. The first-order valence-corrected chi connectivity index (χ1v) is 7.16. The van der Waals surface area contributed by atoms with E-state index in [0.717, 1.165) is 25.4 Å². The molecule has 3 atom stereocenters. The molecular formula is C14H26N2O2.